The van der Waals surface area contributed by atoms with Gasteiger partial charge in [-0.05, 0) is 125 Å². The van der Waals surface area contributed by atoms with Crippen molar-refractivity contribution in [2.75, 3.05) is 13.2 Å². The number of allylic oxidation sites excluding steroid dienone is 3. The summed E-state index contributed by atoms with van der Waals surface area (Å²) in [6.07, 6.45) is 22.9. The van der Waals surface area contributed by atoms with Gasteiger partial charge in [-0.3, -0.25) is 0 Å². The van der Waals surface area contributed by atoms with Crippen LogP contribution < -0.4 is 4.74 Å². The Morgan fingerprint density at radius 1 is 0.889 bits per heavy atom. The largest absolute Gasteiger partial charge is 0.491 e. The van der Waals surface area contributed by atoms with Gasteiger partial charge in [0.2, 0.25) is 5.82 Å². The summed E-state index contributed by atoms with van der Waals surface area (Å²) in [6.45, 7) is 5.18. The Kier molecular flexibility index (Phi) is 10.4. The van der Waals surface area contributed by atoms with Crippen LogP contribution in [0.25, 0.3) is 5.57 Å². The Bertz CT molecular complexity index is 876. The molecule has 0 heterocycles. The first-order chi connectivity index (χ1) is 17.6. The maximum atomic E-state index is 14.6. The molecule has 2 nitrogen and oxygen atoms in total. The lowest BCUT2D eigenvalue weighted by molar-refractivity contribution is 0.00924. The van der Waals surface area contributed by atoms with Crippen LogP contribution in [0.2, 0.25) is 0 Å². The summed E-state index contributed by atoms with van der Waals surface area (Å²) in [5.41, 5.74) is 1.24. The second-order valence-electron chi connectivity index (χ2n) is 11.3. The van der Waals surface area contributed by atoms with E-state index in [1.807, 2.05) is 6.08 Å². The van der Waals surface area contributed by atoms with Gasteiger partial charge in [0.05, 0.1) is 12.7 Å². The standard InChI is InChI=1S/C32H46F2O2/c1-3-5-6-7-23-8-12-25(13-9-23)26-14-10-24(11-15-26)22-36-28-18-16-27(17-19-28)29-20-21-30(35-4-2)32(34)31(29)33/h6-7,16,20-21,23-26,28H,3-5,8-15,17-19,22H2,1-2H3/b7-6+. The first-order valence-electron chi connectivity index (χ1n) is 14.7. The van der Waals surface area contributed by atoms with Crippen molar-refractivity contribution >= 4 is 5.57 Å². The first-order valence-corrected chi connectivity index (χ1v) is 14.7. The van der Waals surface area contributed by atoms with Gasteiger partial charge in [0.1, 0.15) is 0 Å². The molecule has 0 bridgehead atoms. The fourth-order valence-electron chi connectivity index (χ4n) is 6.62. The number of rotatable bonds is 10. The van der Waals surface area contributed by atoms with Crippen LogP contribution in [0.3, 0.4) is 0 Å². The van der Waals surface area contributed by atoms with Crippen LogP contribution in [0.15, 0.2) is 30.4 Å². The summed E-state index contributed by atoms with van der Waals surface area (Å²) < 4.78 is 40.3. The highest BCUT2D eigenvalue weighted by Gasteiger charge is 2.31. The minimum absolute atomic E-state index is 0.0154. The number of halogens is 2. The van der Waals surface area contributed by atoms with Crippen molar-refractivity contribution < 1.29 is 18.3 Å². The van der Waals surface area contributed by atoms with Gasteiger partial charge in [0, 0.05) is 12.2 Å². The Morgan fingerprint density at radius 3 is 2.25 bits per heavy atom. The van der Waals surface area contributed by atoms with Crippen molar-refractivity contribution in [3.63, 3.8) is 0 Å². The lowest BCUT2D eigenvalue weighted by atomic mass is 9.69. The zero-order chi connectivity index (χ0) is 25.3. The van der Waals surface area contributed by atoms with Crippen LogP contribution in [-0.2, 0) is 4.74 Å². The van der Waals surface area contributed by atoms with E-state index < -0.39 is 11.6 Å². The molecule has 3 aliphatic carbocycles. The minimum atomic E-state index is -0.888. The van der Waals surface area contributed by atoms with Crippen LogP contribution in [0.4, 0.5) is 8.78 Å². The van der Waals surface area contributed by atoms with Crippen LogP contribution in [0, 0.1) is 35.3 Å². The molecular formula is C32H46F2O2. The Balaban J connectivity index is 1.16. The zero-order valence-corrected chi connectivity index (χ0v) is 22.5. The quantitative estimate of drug-likeness (QED) is 0.298. The molecule has 4 rings (SSSR count). The number of benzene rings is 1. The van der Waals surface area contributed by atoms with Gasteiger partial charge in [-0.15, -0.1) is 0 Å². The Hall–Kier alpha value is -1.68. The van der Waals surface area contributed by atoms with Gasteiger partial charge in [-0.2, -0.15) is 4.39 Å². The molecule has 1 atom stereocenters. The molecule has 2 fully saturated rings. The number of hydrogen-bond acceptors (Lipinski definition) is 2. The summed E-state index contributed by atoms with van der Waals surface area (Å²) in [5, 5.41) is 0. The molecule has 0 N–H and O–H groups in total. The van der Waals surface area contributed by atoms with E-state index >= 15 is 0 Å². The molecule has 3 aliphatic rings. The van der Waals surface area contributed by atoms with Crippen LogP contribution >= 0.6 is 0 Å². The summed E-state index contributed by atoms with van der Waals surface area (Å²) in [5.74, 6) is 1.66. The molecule has 1 aromatic carbocycles. The monoisotopic (exact) mass is 500 g/mol. The van der Waals surface area contributed by atoms with Gasteiger partial charge in [-0.25, -0.2) is 4.39 Å². The van der Waals surface area contributed by atoms with E-state index in [4.69, 9.17) is 9.47 Å². The van der Waals surface area contributed by atoms with Crippen molar-refractivity contribution in [1.29, 1.82) is 0 Å². The SMILES string of the molecule is CCC/C=C/C1CCC(C2CCC(COC3CC=C(c4ccc(OCC)c(F)c4F)CC3)CC2)CC1. The van der Waals surface area contributed by atoms with E-state index in [0.29, 0.717) is 18.1 Å². The predicted molar refractivity (Wildman–Crippen MR) is 144 cm³/mol. The van der Waals surface area contributed by atoms with Gasteiger partial charge >= 0.3 is 0 Å². The lowest BCUT2D eigenvalue weighted by Crippen LogP contribution is -2.28. The molecule has 0 saturated heterocycles. The second-order valence-corrected chi connectivity index (χ2v) is 11.3. The molecule has 1 unspecified atom stereocenters. The van der Waals surface area contributed by atoms with E-state index in [-0.39, 0.29) is 11.9 Å². The van der Waals surface area contributed by atoms with Gasteiger partial charge in [-0.1, -0.05) is 31.6 Å². The highest BCUT2D eigenvalue weighted by Crippen LogP contribution is 2.42. The molecule has 200 valence electrons. The Morgan fingerprint density at radius 2 is 1.61 bits per heavy atom. The molecule has 0 radical (unpaired) electrons. The molecule has 4 heteroatoms. The molecule has 0 aromatic heterocycles. The topological polar surface area (TPSA) is 18.5 Å². The van der Waals surface area contributed by atoms with Gasteiger partial charge in [0.15, 0.2) is 11.6 Å². The van der Waals surface area contributed by atoms with Crippen molar-refractivity contribution in [1.82, 2.24) is 0 Å². The third-order valence-electron chi connectivity index (χ3n) is 8.86. The summed E-state index contributed by atoms with van der Waals surface area (Å²) >= 11 is 0. The first kappa shape index (κ1) is 27.4. The number of hydrogen-bond donors (Lipinski definition) is 0. The molecule has 1 aromatic rings. The summed E-state index contributed by atoms with van der Waals surface area (Å²) in [7, 11) is 0. The number of unbranched alkanes of at least 4 members (excludes halogenated alkanes) is 1. The maximum Gasteiger partial charge on any atom is 0.201 e. The molecular weight excluding hydrogens is 454 g/mol. The van der Waals surface area contributed by atoms with Crippen LogP contribution in [0.5, 0.6) is 5.75 Å². The van der Waals surface area contributed by atoms with E-state index in [1.54, 1.807) is 13.0 Å². The molecule has 36 heavy (non-hydrogen) atoms. The van der Waals surface area contributed by atoms with Crippen LogP contribution in [-0.4, -0.2) is 19.3 Å². The zero-order valence-electron chi connectivity index (χ0n) is 22.5. The normalized spacial score (nSPS) is 29.3. The molecule has 2 saturated carbocycles. The fraction of sp³-hybridized carbons (Fsp3) is 0.688. The van der Waals surface area contributed by atoms with Crippen molar-refractivity contribution in [2.45, 2.75) is 103 Å². The second kappa shape index (κ2) is 13.7. The molecule has 0 amide bonds. The number of ether oxygens (including phenoxy) is 2. The van der Waals surface area contributed by atoms with Gasteiger partial charge < -0.3 is 9.47 Å². The van der Waals surface area contributed by atoms with E-state index in [0.717, 1.165) is 49.2 Å². The highest BCUT2D eigenvalue weighted by molar-refractivity contribution is 5.67. The fourth-order valence-corrected chi connectivity index (χ4v) is 6.62. The third-order valence-corrected chi connectivity index (χ3v) is 8.86. The van der Waals surface area contributed by atoms with E-state index in [2.05, 4.69) is 19.1 Å². The molecule has 0 aliphatic heterocycles. The van der Waals surface area contributed by atoms with Gasteiger partial charge in [0.25, 0.3) is 0 Å². The van der Waals surface area contributed by atoms with Crippen molar-refractivity contribution in [2.24, 2.45) is 23.7 Å². The highest BCUT2D eigenvalue weighted by atomic mass is 19.2. The molecule has 0 spiro atoms. The third kappa shape index (κ3) is 7.21. The van der Waals surface area contributed by atoms with E-state index in [1.165, 1.54) is 70.3 Å². The predicted octanol–water partition coefficient (Wildman–Crippen LogP) is 9.29. The maximum absolute atomic E-state index is 14.6. The average molecular weight is 501 g/mol. The summed E-state index contributed by atoms with van der Waals surface area (Å²) in [4.78, 5) is 0. The summed E-state index contributed by atoms with van der Waals surface area (Å²) in [6, 6.07) is 3.18. The van der Waals surface area contributed by atoms with E-state index in [9.17, 15) is 8.78 Å². The lowest BCUT2D eigenvalue weighted by Gasteiger charge is -2.37. The average Bonchev–Trinajstić information content (AvgIpc) is 2.92. The Labute approximate surface area is 217 Å². The van der Waals surface area contributed by atoms with Crippen molar-refractivity contribution in [3.8, 4) is 5.75 Å². The van der Waals surface area contributed by atoms with Crippen LogP contribution in [0.1, 0.15) is 103 Å². The minimum Gasteiger partial charge on any atom is -0.491 e. The smallest absolute Gasteiger partial charge is 0.201 e. The van der Waals surface area contributed by atoms with Crippen molar-refractivity contribution in [3.05, 3.63) is 47.6 Å².